The molecule has 28 heavy (non-hydrogen) atoms. The zero-order valence-corrected chi connectivity index (χ0v) is 17.3. The van der Waals surface area contributed by atoms with Gasteiger partial charge in [-0.05, 0) is 12.1 Å². The highest BCUT2D eigenvalue weighted by atomic mass is 32.2. The van der Waals surface area contributed by atoms with Gasteiger partial charge >= 0.3 is 0 Å². The maximum atomic E-state index is 12.5. The van der Waals surface area contributed by atoms with Crippen molar-refractivity contribution in [1.29, 1.82) is 0 Å². The average molecular weight is 410 g/mol. The number of carbonyl (C=O) groups excluding carboxylic acids is 1. The first-order valence-electron chi connectivity index (χ1n) is 9.46. The maximum Gasteiger partial charge on any atom is 0.233 e. The smallest absolute Gasteiger partial charge is 0.233 e. The van der Waals surface area contributed by atoms with Crippen LogP contribution in [-0.2, 0) is 11.3 Å². The van der Waals surface area contributed by atoms with E-state index < -0.39 is 0 Å². The number of nitrogens with zero attached hydrogens (tertiary/aromatic N) is 3. The minimum absolute atomic E-state index is 0.230. The van der Waals surface area contributed by atoms with Crippen LogP contribution < -0.4 is 0 Å². The second kappa shape index (κ2) is 9.37. The van der Waals surface area contributed by atoms with Crippen molar-refractivity contribution in [3.63, 3.8) is 0 Å². The third-order valence-electron chi connectivity index (χ3n) is 4.79. The van der Waals surface area contributed by atoms with Crippen LogP contribution in [0.5, 0.6) is 0 Å². The third-order valence-corrected chi connectivity index (χ3v) is 6.73. The number of hydrogen-bond donors (Lipinski definition) is 0. The molecule has 0 bridgehead atoms. The molecule has 0 atom stereocenters. The van der Waals surface area contributed by atoms with Crippen molar-refractivity contribution in [3.05, 3.63) is 71.7 Å². The Bertz CT molecular complexity index is 890. The molecule has 1 fully saturated rings. The third kappa shape index (κ3) is 5.01. The highest BCUT2D eigenvalue weighted by molar-refractivity contribution is 8.00. The van der Waals surface area contributed by atoms with Crippen LogP contribution in [0, 0.1) is 0 Å². The number of aromatic nitrogens is 1. The van der Waals surface area contributed by atoms with Crippen molar-refractivity contribution in [2.24, 2.45) is 0 Å². The van der Waals surface area contributed by atoms with E-state index in [-0.39, 0.29) is 5.91 Å². The Labute approximate surface area is 174 Å². The standard InChI is InChI=1S/C22H23N3OS2/c26-21(17-27-20-9-5-2-6-10-20)25-13-11-24(12-14-25)15-19-16-28-22(23-19)18-7-3-1-4-8-18/h1-10,16H,11-15,17H2. The van der Waals surface area contributed by atoms with Crippen molar-refractivity contribution in [1.82, 2.24) is 14.8 Å². The number of carbonyl (C=O) groups is 1. The predicted octanol–water partition coefficient (Wildman–Crippen LogP) is 4.25. The molecule has 1 aliphatic heterocycles. The highest BCUT2D eigenvalue weighted by Crippen LogP contribution is 2.24. The van der Waals surface area contributed by atoms with Crippen molar-refractivity contribution in [3.8, 4) is 10.6 Å². The monoisotopic (exact) mass is 409 g/mol. The zero-order valence-electron chi connectivity index (χ0n) is 15.7. The summed E-state index contributed by atoms with van der Waals surface area (Å²) in [4.78, 5) is 22.8. The minimum atomic E-state index is 0.230. The SMILES string of the molecule is O=C(CSc1ccccc1)N1CCN(Cc2csc(-c3ccccc3)n2)CC1. The van der Waals surface area contributed by atoms with E-state index in [0.717, 1.165) is 48.3 Å². The Hall–Kier alpha value is -2.15. The number of benzene rings is 2. The van der Waals surface area contributed by atoms with Crippen LogP contribution >= 0.6 is 23.1 Å². The lowest BCUT2D eigenvalue weighted by Gasteiger charge is -2.34. The van der Waals surface area contributed by atoms with E-state index in [2.05, 4.69) is 22.4 Å². The number of thiazole rings is 1. The van der Waals surface area contributed by atoms with Crippen LogP contribution in [0.25, 0.3) is 10.6 Å². The van der Waals surface area contributed by atoms with Gasteiger partial charge < -0.3 is 4.90 Å². The molecule has 2 aromatic carbocycles. The largest absolute Gasteiger partial charge is 0.339 e. The normalized spacial score (nSPS) is 14.9. The van der Waals surface area contributed by atoms with Gasteiger partial charge in [-0.25, -0.2) is 4.98 Å². The van der Waals surface area contributed by atoms with E-state index in [1.807, 2.05) is 53.4 Å². The molecule has 144 valence electrons. The van der Waals surface area contributed by atoms with Crippen LogP contribution in [0.4, 0.5) is 0 Å². The zero-order chi connectivity index (χ0) is 19.2. The molecule has 1 saturated heterocycles. The summed E-state index contributed by atoms with van der Waals surface area (Å²) < 4.78 is 0. The molecule has 2 heterocycles. The van der Waals surface area contributed by atoms with Crippen molar-refractivity contribution in [2.45, 2.75) is 11.4 Å². The van der Waals surface area contributed by atoms with E-state index >= 15 is 0 Å². The average Bonchev–Trinajstić information content (AvgIpc) is 3.22. The molecule has 1 amide bonds. The molecular weight excluding hydrogens is 386 g/mol. The first kappa shape index (κ1) is 19.2. The molecule has 0 saturated carbocycles. The fourth-order valence-corrected chi connectivity index (χ4v) is 4.87. The lowest BCUT2D eigenvalue weighted by molar-refractivity contribution is -0.130. The molecule has 0 unspecified atom stereocenters. The van der Waals surface area contributed by atoms with E-state index in [1.165, 1.54) is 5.56 Å². The van der Waals surface area contributed by atoms with E-state index in [0.29, 0.717) is 5.75 Å². The summed E-state index contributed by atoms with van der Waals surface area (Å²) in [7, 11) is 0. The molecule has 6 heteroatoms. The first-order valence-corrected chi connectivity index (χ1v) is 11.3. The first-order chi connectivity index (χ1) is 13.8. The quantitative estimate of drug-likeness (QED) is 0.571. The van der Waals surface area contributed by atoms with Crippen molar-refractivity contribution >= 4 is 29.0 Å². The van der Waals surface area contributed by atoms with E-state index in [4.69, 9.17) is 4.98 Å². The number of piperazine rings is 1. The van der Waals surface area contributed by atoms with Crippen molar-refractivity contribution in [2.75, 3.05) is 31.9 Å². The fourth-order valence-electron chi connectivity index (χ4n) is 3.23. The molecular formula is C22H23N3OS2. The summed E-state index contributed by atoms with van der Waals surface area (Å²) in [6.45, 7) is 4.25. The number of rotatable bonds is 6. The predicted molar refractivity (Wildman–Crippen MR) is 117 cm³/mol. The van der Waals surface area contributed by atoms with Gasteiger partial charge in [-0.2, -0.15) is 0 Å². The molecule has 1 aromatic heterocycles. The van der Waals surface area contributed by atoms with Crippen LogP contribution in [-0.4, -0.2) is 52.6 Å². The molecule has 0 radical (unpaired) electrons. The molecule has 0 aliphatic carbocycles. The summed E-state index contributed by atoms with van der Waals surface area (Å²) in [5.74, 6) is 0.741. The van der Waals surface area contributed by atoms with Crippen LogP contribution in [0.3, 0.4) is 0 Å². The van der Waals surface area contributed by atoms with Gasteiger partial charge in [0.1, 0.15) is 5.01 Å². The lowest BCUT2D eigenvalue weighted by atomic mass is 10.2. The molecule has 0 spiro atoms. The van der Waals surface area contributed by atoms with Gasteiger partial charge in [0, 0.05) is 48.6 Å². The van der Waals surface area contributed by atoms with Gasteiger partial charge in [0.2, 0.25) is 5.91 Å². The topological polar surface area (TPSA) is 36.4 Å². The van der Waals surface area contributed by atoms with Gasteiger partial charge in [0.15, 0.2) is 0 Å². The van der Waals surface area contributed by atoms with Gasteiger partial charge in [-0.1, -0.05) is 48.5 Å². The second-order valence-electron chi connectivity index (χ2n) is 6.77. The van der Waals surface area contributed by atoms with E-state index in [1.54, 1.807) is 23.1 Å². The van der Waals surface area contributed by atoms with Gasteiger partial charge in [0.25, 0.3) is 0 Å². The summed E-state index contributed by atoms with van der Waals surface area (Å²) in [6, 6.07) is 20.4. The lowest BCUT2D eigenvalue weighted by Crippen LogP contribution is -2.48. The summed E-state index contributed by atoms with van der Waals surface area (Å²) in [5.41, 5.74) is 2.29. The summed E-state index contributed by atoms with van der Waals surface area (Å²) in [6.07, 6.45) is 0. The Kier molecular flexibility index (Phi) is 6.41. The molecule has 0 N–H and O–H groups in total. The van der Waals surface area contributed by atoms with Crippen LogP contribution in [0.15, 0.2) is 70.9 Å². The van der Waals surface area contributed by atoms with Gasteiger partial charge in [0.05, 0.1) is 11.4 Å². The number of amides is 1. The van der Waals surface area contributed by atoms with Crippen LogP contribution in [0.2, 0.25) is 0 Å². The Morgan fingerprint density at radius 3 is 2.36 bits per heavy atom. The maximum absolute atomic E-state index is 12.5. The number of thioether (sulfide) groups is 1. The minimum Gasteiger partial charge on any atom is -0.339 e. The molecule has 4 rings (SSSR count). The molecule has 1 aliphatic rings. The number of hydrogen-bond acceptors (Lipinski definition) is 5. The Balaban J connectivity index is 1.24. The molecule has 3 aromatic rings. The van der Waals surface area contributed by atoms with Gasteiger partial charge in [-0.3, -0.25) is 9.69 Å². The fraction of sp³-hybridized carbons (Fsp3) is 0.273. The van der Waals surface area contributed by atoms with E-state index in [9.17, 15) is 4.79 Å². The summed E-state index contributed by atoms with van der Waals surface area (Å²) in [5, 5.41) is 3.22. The molecule has 4 nitrogen and oxygen atoms in total. The second-order valence-corrected chi connectivity index (χ2v) is 8.68. The van der Waals surface area contributed by atoms with Crippen molar-refractivity contribution < 1.29 is 4.79 Å². The van der Waals surface area contributed by atoms with Gasteiger partial charge in [-0.15, -0.1) is 23.1 Å². The Morgan fingerprint density at radius 2 is 1.64 bits per heavy atom. The van der Waals surface area contributed by atoms with Crippen LogP contribution in [0.1, 0.15) is 5.69 Å². The summed E-state index contributed by atoms with van der Waals surface area (Å²) >= 11 is 3.31. The Morgan fingerprint density at radius 1 is 0.964 bits per heavy atom. The highest BCUT2D eigenvalue weighted by Gasteiger charge is 2.21.